The predicted molar refractivity (Wildman–Crippen MR) is 147 cm³/mol. The summed E-state index contributed by atoms with van der Waals surface area (Å²) in [5.74, 6) is -0.312. The molecule has 0 radical (unpaired) electrons. The Morgan fingerprint density at radius 1 is 1.07 bits per heavy atom. The van der Waals surface area contributed by atoms with Gasteiger partial charge in [-0.25, -0.2) is 18.4 Å². The summed E-state index contributed by atoms with van der Waals surface area (Å²) in [7, 11) is -3.61. The summed E-state index contributed by atoms with van der Waals surface area (Å²) >= 11 is 6.39. The molecule has 15 heteroatoms. The summed E-state index contributed by atoms with van der Waals surface area (Å²) in [6.45, 7) is 3.16. The van der Waals surface area contributed by atoms with Crippen LogP contribution in [0.3, 0.4) is 0 Å². The van der Waals surface area contributed by atoms with Gasteiger partial charge in [-0.05, 0) is 50.2 Å². The largest absolute Gasteiger partial charge is 0.573 e. The van der Waals surface area contributed by atoms with E-state index in [4.69, 9.17) is 16.3 Å². The Labute approximate surface area is 238 Å². The average molecular weight is 612 g/mol. The first-order valence-corrected chi connectivity index (χ1v) is 14.3. The minimum Gasteiger partial charge on any atom is -0.456 e. The Morgan fingerprint density at radius 3 is 2.49 bits per heavy atom. The van der Waals surface area contributed by atoms with Gasteiger partial charge >= 0.3 is 6.36 Å². The maximum absolute atomic E-state index is 12.5. The van der Waals surface area contributed by atoms with E-state index in [2.05, 4.69) is 25.3 Å². The van der Waals surface area contributed by atoms with Crippen LogP contribution in [0.2, 0.25) is 5.02 Å². The van der Waals surface area contributed by atoms with Gasteiger partial charge in [0.1, 0.15) is 33.8 Å². The molecule has 1 amide bonds. The summed E-state index contributed by atoms with van der Waals surface area (Å²) in [4.78, 5) is 21.0. The van der Waals surface area contributed by atoms with Crippen LogP contribution in [-0.2, 0) is 21.2 Å². The van der Waals surface area contributed by atoms with E-state index in [9.17, 15) is 26.4 Å². The van der Waals surface area contributed by atoms with Crippen LogP contribution in [0.5, 0.6) is 17.2 Å². The fraction of sp³-hybridized carbons (Fsp3) is 0.269. The number of fused-ring (bicyclic) bond motifs is 1. The lowest BCUT2D eigenvalue weighted by molar-refractivity contribution is -0.274. The van der Waals surface area contributed by atoms with E-state index in [1.165, 1.54) is 32.3 Å². The molecule has 41 heavy (non-hydrogen) atoms. The molecule has 0 aliphatic heterocycles. The van der Waals surface area contributed by atoms with Crippen molar-refractivity contribution < 1.29 is 35.9 Å². The van der Waals surface area contributed by atoms with Gasteiger partial charge in [0.25, 0.3) is 0 Å². The second-order valence-electron chi connectivity index (χ2n) is 9.40. The van der Waals surface area contributed by atoms with Crippen LogP contribution in [0.15, 0.2) is 61.1 Å². The second kappa shape index (κ2) is 11.4. The van der Waals surface area contributed by atoms with E-state index >= 15 is 0 Å². The first-order valence-electron chi connectivity index (χ1n) is 12.0. The van der Waals surface area contributed by atoms with Crippen LogP contribution in [0.25, 0.3) is 11.0 Å². The van der Waals surface area contributed by atoms with Crippen molar-refractivity contribution in [3.63, 3.8) is 0 Å². The molecule has 10 nitrogen and oxygen atoms in total. The highest BCUT2D eigenvalue weighted by Gasteiger charge is 2.38. The van der Waals surface area contributed by atoms with E-state index in [0.717, 1.165) is 18.4 Å². The highest BCUT2D eigenvalue weighted by atomic mass is 35.5. The van der Waals surface area contributed by atoms with E-state index in [1.807, 2.05) is 0 Å². The van der Waals surface area contributed by atoms with Gasteiger partial charge in [-0.1, -0.05) is 17.7 Å². The number of halogens is 4. The average Bonchev–Trinajstić information content (AvgIpc) is 3.28. The number of sulfone groups is 1. The fourth-order valence-electron chi connectivity index (χ4n) is 3.64. The van der Waals surface area contributed by atoms with Crippen molar-refractivity contribution in [2.45, 2.75) is 31.5 Å². The Bertz CT molecular complexity index is 1690. The van der Waals surface area contributed by atoms with E-state index < -0.39 is 32.6 Å². The van der Waals surface area contributed by atoms with Crippen molar-refractivity contribution in [3.8, 4) is 17.2 Å². The van der Waals surface area contributed by atoms with Gasteiger partial charge < -0.3 is 24.7 Å². The molecule has 2 N–H and O–H groups in total. The van der Waals surface area contributed by atoms with Crippen LogP contribution < -0.4 is 20.1 Å². The van der Waals surface area contributed by atoms with Crippen molar-refractivity contribution in [3.05, 3.63) is 66.1 Å². The first kappa shape index (κ1) is 29.9. The third-order valence-corrected chi connectivity index (χ3v) is 8.46. The number of nitrogens with zero attached hydrogens (tertiary/aromatic N) is 3. The number of ether oxygens (including phenoxy) is 2. The molecule has 4 rings (SSSR count). The quantitative estimate of drug-likeness (QED) is 0.242. The molecule has 0 fully saturated rings. The Balaban J connectivity index is 1.48. The van der Waals surface area contributed by atoms with Gasteiger partial charge in [0.2, 0.25) is 5.91 Å². The molecule has 0 aliphatic carbocycles. The third kappa shape index (κ3) is 7.19. The van der Waals surface area contributed by atoms with Crippen molar-refractivity contribution in [2.75, 3.05) is 18.1 Å². The second-order valence-corrected chi connectivity index (χ2v) is 12.4. The van der Waals surface area contributed by atoms with Gasteiger partial charge in [-0.15, -0.1) is 13.2 Å². The molecule has 2 heterocycles. The standard InChI is InChI=1S/C26H25ClF3N5O5S/c1-25(2,41(3,37)38)24(36)31-10-12-35-11-9-20-22(35)23(33-15-32-20)34-16-7-8-21(19(27)13-16)39-17-5-4-6-18(14-17)40-26(28,29)30/h4-9,11,13-15H,10,12H2,1-3H3,(H,31,36)(H,32,33,34). The first-order chi connectivity index (χ1) is 19.1. The van der Waals surface area contributed by atoms with Crippen molar-refractivity contribution in [1.29, 1.82) is 0 Å². The van der Waals surface area contributed by atoms with Crippen molar-refractivity contribution in [2.24, 2.45) is 0 Å². The number of nitrogens with one attached hydrogen (secondary N) is 2. The van der Waals surface area contributed by atoms with E-state index in [0.29, 0.717) is 29.1 Å². The van der Waals surface area contributed by atoms with E-state index in [1.54, 1.807) is 35.0 Å². The normalized spacial score (nSPS) is 12.3. The molecule has 4 aromatic rings. The number of benzene rings is 2. The summed E-state index contributed by atoms with van der Waals surface area (Å²) in [5, 5.41) is 5.99. The number of amides is 1. The molecule has 0 unspecified atom stereocenters. The van der Waals surface area contributed by atoms with Gasteiger partial charge in [0.15, 0.2) is 15.7 Å². The SMILES string of the molecule is CC(C)(C(=O)NCCn1ccc2ncnc(Nc3ccc(Oc4cccc(OC(F)(F)F)c4)c(Cl)c3)c21)S(C)(=O)=O. The highest BCUT2D eigenvalue weighted by molar-refractivity contribution is 7.92. The summed E-state index contributed by atoms with van der Waals surface area (Å²) in [6, 6.07) is 11.6. The van der Waals surface area contributed by atoms with Crippen LogP contribution in [-0.4, -0.2) is 52.8 Å². The van der Waals surface area contributed by atoms with E-state index in [-0.39, 0.29) is 23.1 Å². The zero-order valence-electron chi connectivity index (χ0n) is 22.0. The minimum absolute atomic E-state index is 0.0942. The molecule has 0 bridgehead atoms. The zero-order valence-corrected chi connectivity index (χ0v) is 23.6. The van der Waals surface area contributed by atoms with Gasteiger partial charge in [-0.2, -0.15) is 0 Å². The molecule has 0 saturated heterocycles. The molecular formula is C26H25ClF3N5O5S. The monoisotopic (exact) mass is 611 g/mol. The number of anilines is 2. The molecule has 218 valence electrons. The number of hydrogen-bond acceptors (Lipinski definition) is 8. The van der Waals surface area contributed by atoms with Crippen LogP contribution >= 0.6 is 11.6 Å². The predicted octanol–water partition coefficient (Wildman–Crippen LogP) is 5.46. The fourth-order valence-corrected chi connectivity index (χ4v) is 4.27. The maximum atomic E-state index is 12.5. The topological polar surface area (TPSA) is 124 Å². The lowest BCUT2D eigenvalue weighted by atomic mass is 10.2. The molecule has 2 aromatic heterocycles. The van der Waals surface area contributed by atoms with Crippen LogP contribution in [0, 0.1) is 0 Å². The molecule has 2 aromatic carbocycles. The number of hydrogen-bond donors (Lipinski definition) is 2. The summed E-state index contributed by atoms with van der Waals surface area (Å²) < 4.78 is 71.2. The maximum Gasteiger partial charge on any atom is 0.573 e. The third-order valence-electron chi connectivity index (χ3n) is 6.12. The lowest BCUT2D eigenvalue weighted by Crippen LogP contribution is -2.48. The number of carbonyl (C=O) groups excluding carboxylic acids is 1. The Morgan fingerprint density at radius 2 is 1.80 bits per heavy atom. The smallest absolute Gasteiger partial charge is 0.456 e. The molecule has 0 atom stereocenters. The van der Waals surface area contributed by atoms with Crippen molar-refractivity contribution in [1.82, 2.24) is 19.9 Å². The Kier molecular flexibility index (Phi) is 8.36. The Hall–Kier alpha value is -4.04. The number of alkyl halides is 3. The highest BCUT2D eigenvalue weighted by Crippen LogP contribution is 2.35. The summed E-state index contributed by atoms with van der Waals surface area (Å²) in [6.07, 6.45) is -0.685. The molecular weight excluding hydrogens is 587 g/mol. The van der Waals surface area contributed by atoms with Crippen molar-refractivity contribution >= 4 is 49.9 Å². The summed E-state index contributed by atoms with van der Waals surface area (Å²) in [5.41, 5.74) is 1.78. The minimum atomic E-state index is -4.83. The van der Waals surface area contributed by atoms with Gasteiger partial charge in [0, 0.05) is 37.3 Å². The molecule has 0 aliphatic rings. The zero-order chi connectivity index (χ0) is 30.0. The number of rotatable bonds is 10. The molecule has 0 spiro atoms. The van der Waals surface area contributed by atoms with Crippen LogP contribution in [0.4, 0.5) is 24.7 Å². The van der Waals surface area contributed by atoms with Crippen LogP contribution in [0.1, 0.15) is 13.8 Å². The number of carbonyl (C=O) groups is 1. The molecule has 0 saturated carbocycles. The number of aromatic nitrogens is 3. The lowest BCUT2D eigenvalue weighted by Gasteiger charge is -2.21. The van der Waals surface area contributed by atoms with Gasteiger partial charge in [-0.3, -0.25) is 4.79 Å². The van der Waals surface area contributed by atoms with Gasteiger partial charge in [0.05, 0.1) is 10.5 Å².